The molecule has 0 unspecified atom stereocenters. The van der Waals surface area contributed by atoms with E-state index in [2.05, 4.69) is 99.9 Å². The van der Waals surface area contributed by atoms with Gasteiger partial charge in [-0.25, -0.2) is 0 Å². The topological polar surface area (TPSA) is 0 Å². The fourth-order valence-corrected chi connectivity index (χ4v) is 4.26. The molecule has 3 heteroatoms. The average molecular weight is 353 g/mol. The van der Waals surface area contributed by atoms with E-state index in [0.717, 1.165) is 0 Å². The monoisotopic (exact) mass is 352 g/mol. The second-order valence-corrected chi connectivity index (χ2v) is 17.4. The second-order valence-electron chi connectivity index (χ2n) is 7.23. The Morgan fingerprint density at radius 1 is 0.476 bits per heavy atom. The number of hydrogen-bond donors (Lipinski definition) is 0. The molecule has 0 aromatic heterocycles. The fraction of sp³-hybridized carbons (Fsp3) is 0.333. The summed E-state index contributed by atoms with van der Waals surface area (Å²) in [6.07, 6.45) is 0. The van der Waals surface area contributed by atoms with E-state index >= 15 is 0 Å². The van der Waals surface area contributed by atoms with Crippen LogP contribution in [0.3, 0.4) is 0 Å². The van der Waals surface area contributed by atoms with Crippen molar-refractivity contribution in [2.75, 3.05) is 0 Å². The standard InChI is InChI=1S/2C9H14Si.Cr/c2*1-10(2,3)9-7-5-4-6-8-9;/h2*4-8H,1-3H3;. The van der Waals surface area contributed by atoms with Crippen molar-refractivity contribution in [3.8, 4) is 0 Å². The van der Waals surface area contributed by atoms with Crippen LogP contribution in [-0.4, -0.2) is 16.1 Å². The molecule has 0 bridgehead atoms. The number of benzene rings is 2. The van der Waals surface area contributed by atoms with E-state index in [1.165, 1.54) is 10.4 Å². The van der Waals surface area contributed by atoms with E-state index in [4.69, 9.17) is 0 Å². The molecule has 0 heterocycles. The maximum Gasteiger partial charge on any atom is 0.0775 e. The van der Waals surface area contributed by atoms with Crippen LogP contribution in [0.25, 0.3) is 0 Å². The van der Waals surface area contributed by atoms with Crippen LogP contribution in [-0.2, 0) is 17.4 Å². The molecule has 0 N–H and O–H groups in total. The van der Waals surface area contributed by atoms with Crippen LogP contribution in [0.4, 0.5) is 0 Å². The molecule has 0 saturated carbocycles. The first-order chi connectivity index (χ1) is 9.21. The Balaban J connectivity index is 0.000000364. The van der Waals surface area contributed by atoms with Gasteiger partial charge in [-0.05, 0) is 0 Å². The van der Waals surface area contributed by atoms with Crippen molar-refractivity contribution in [3.05, 3.63) is 60.7 Å². The van der Waals surface area contributed by atoms with Crippen LogP contribution in [0.2, 0.25) is 39.3 Å². The average Bonchev–Trinajstić information content (AvgIpc) is 2.40. The first-order valence-corrected chi connectivity index (χ1v) is 14.3. The quantitative estimate of drug-likeness (QED) is 0.700. The largest absolute Gasteiger partial charge is 0.0775 e. The minimum Gasteiger partial charge on any atom is -0.0656 e. The molecule has 0 aliphatic rings. The summed E-state index contributed by atoms with van der Waals surface area (Å²) < 4.78 is 0. The Morgan fingerprint density at radius 2 is 0.714 bits per heavy atom. The normalized spacial score (nSPS) is 11.0. The molecule has 114 valence electrons. The van der Waals surface area contributed by atoms with Gasteiger partial charge in [-0.3, -0.25) is 0 Å². The molecule has 0 nitrogen and oxygen atoms in total. The minimum absolute atomic E-state index is 0. The predicted octanol–water partition coefficient (Wildman–Crippen LogP) is 4.46. The molecule has 21 heavy (non-hydrogen) atoms. The third kappa shape index (κ3) is 7.83. The van der Waals surface area contributed by atoms with Gasteiger partial charge in [0.15, 0.2) is 0 Å². The van der Waals surface area contributed by atoms with Crippen molar-refractivity contribution < 1.29 is 17.4 Å². The first kappa shape index (κ1) is 20.4. The first-order valence-electron chi connectivity index (χ1n) is 7.32. The van der Waals surface area contributed by atoms with E-state index in [0.29, 0.717) is 0 Å². The van der Waals surface area contributed by atoms with E-state index in [1.807, 2.05) is 0 Å². The Morgan fingerprint density at radius 3 is 0.857 bits per heavy atom. The van der Waals surface area contributed by atoms with Crippen molar-refractivity contribution in [1.82, 2.24) is 0 Å². The summed E-state index contributed by atoms with van der Waals surface area (Å²) in [5.74, 6) is 0. The molecule has 0 atom stereocenters. The van der Waals surface area contributed by atoms with Gasteiger partial charge in [0.05, 0.1) is 16.1 Å². The van der Waals surface area contributed by atoms with Crippen LogP contribution >= 0.6 is 0 Å². The molecule has 2 aromatic carbocycles. The molecule has 0 fully saturated rings. The van der Waals surface area contributed by atoms with Gasteiger partial charge in [0.2, 0.25) is 0 Å². The summed E-state index contributed by atoms with van der Waals surface area (Å²) in [4.78, 5) is 0. The zero-order valence-electron chi connectivity index (χ0n) is 14.2. The SMILES string of the molecule is C[Si](C)(C)c1ccccc1.C[Si](C)(C)c1ccccc1.[Cr]. The molecule has 0 radical (unpaired) electrons. The van der Waals surface area contributed by atoms with E-state index in [1.54, 1.807) is 0 Å². The Kier molecular flexibility index (Phi) is 8.51. The van der Waals surface area contributed by atoms with Crippen molar-refractivity contribution in [3.63, 3.8) is 0 Å². The summed E-state index contributed by atoms with van der Waals surface area (Å²) in [7, 11) is -2.07. The fourth-order valence-electron chi connectivity index (χ4n) is 1.88. The van der Waals surface area contributed by atoms with Crippen molar-refractivity contribution in [2.24, 2.45) is 0 Å². The molecule has 0 aliphatic heterocycles. The van der Waals surface area contributed by atoms with E-state index in [-0.39, 0.29) is 17.4 Å². The molecule has 2 aromatic rings. The Hall–Kier alpha value is -0.594. The van der Waals surface area contributed by atoms with Crippen LogP contribution in [0.1, 0.15) is 0 Å². The molecule has 0 aliphatic carbocycles. The molecule has 2 rings (SSSR count). The predicted molar refractivity (Wildman–Crippen MR) is 98.8 cm³/mol. The third-order valence-corrected chi connectivity index (χ3v) is 7.41. The number of rotatable bonds is 2. The maximum atomic E-state index is 2.36. The van der Waals surface area contributed by atoms with Crippen LogP contribution in [0.5, 0.6) is 0 Å². The molecule has 0 saturated heterocycles. The van der Waals surface area contributed by atoms with Crippen molar-refractivity contribution in [1.29, 1.82) is 0 Å². The van der Waals surface area contributed by atoms with E-state index in [9.17, 15) is 0 Å². The van der Waals surface area contributed by atoms with Gasteiger partial charge >= 0.3 is 0 Å². The van der Waals surface area contributed by atoms with Gasteiger partial charge in [0, 0.05) is 17.4 Å². The van der Waals surface area contributed by atoms with Crippen LogP contribution in [0, 0.1) is 0 Å². The van der Waals surface area contributed by atoms with Gasteiger partial charge in [-0.1, -0.05) is 110 Å². The summed E-state index contributed by atoms with van der Waals surface area (Å²) in [6.45, 7) is 14.2. The van der Waals surface area contributed by atoms with Gasteiger partial charge in [0.1, 0.15) is 0 Å². The summed E-state index contributed by atoms with van der Waals surface area (Å²) >= 11 is 0. The maximum absolute atomic E-state index is 2.36. The molecule has 0 spiro atoms. The zero-order valence-corrected chi connectivity index (χ0v) is 17.5. The summed E-state index contributed by atoms with van der Waals surface area (Å²) in [5.41, 5.74) is 0. The number of hydrogen-bond acceptors (Lipinski definition) is 0. The minimum atomic E-state index is -1.03. The van der Waals surface area contributed by atoms with Gasteiger partial charge in [-0.15, -0.1) is 0 Å². The van der Waals surface area contributed by atoms with Gasteiger partial charge < -0.3 is 0 Å². The zero-order chi connectivity index (χ0) is 15.2. The van der Waals surface area contributed by atoms with Crippen molar-refractivity contribution >= 4 is 26.5 Å². The van der Waals surface area contributed by atoms with Crippen LogP contribution < -0.4 is 10.4 Å². The van der Waals surface area contributed by atoms with Crippen LogP contribution in [0.15, 0.2) is 60.7 Å². The van der Waals surface area contributed by atoms with Crippen molar-refractivity contribution in [2.45, 2.75) is 39.3 Å². The third-order valence-electron chi connectivity index (χ3n) is 3.28. The Bertz CT molecular complexity index is 447. The Labute approximate surface area is 143 Å². The molecular weight excluding hydrogens is 324 g/mol. The second kappa shape index (κ2) is 8.75. The summed E-state index contributed by atoms with van der Waals surface area (Å²) in [5, 5.41) is 3.07. The summed E-state index contributed by atoms with van der Waals surface area (Å²) in [6, 6.07) is 21.5. The van der Waals surface area contributed by atoms with Gasteiger partial charge in [-0.2, -0.15) is 0 Å². The molecule has 0 amide bonds. The molecular formula is C18H28CrSi2. The van der Waals surface area contributed by atoms with E-state index < -0.39 is 16.1 Å². The smallest absolute Gasteiger partial charge is 0.0656 e. The van der Waals surface area contributed by atoms with Gasteiger partial charge in [0.25, 0.3) is 0 Å².